The van der Waals surface area contributed by atoms with E-state index in [4.69, 9.17) is 0 Å². The van der Waals surface area contributed by atoms with Crippen molar-refractivity contribution in [2.24, 2.45) is 0 Å². The Labute approximate surface area is 121 Å². The molecule has 0 atom stereocenters. The fraction of sp³-hybridized carbons (Fsp3) is 0.188. The molecular formula is C16H15N3O2. The van der Waals surface area contributed by atoms with Crippen molar-refractivity contribution in [3.8, 4) is 0 Å². The summed E-state index contributed by atoms with van der Waals surface area (Å²) in [5, 5.41) is 9.40. The molecule has 0 aliphatic heterocycles. The highest BCUT2D eigenvalue weighted by Crippen LogP contribution is 2.22. The number of imidazole rings is 1. The van der Waals surface area contributed by atoms with Gasteiger partial charge in [-0.1, -0.05) is 19.1 Å². The molecule has 0 aliphatic rings. The quantitative estimate of drug-likeness (QED) is 0.798. The van der Waals surface area contributed by atoms with Gasteiger partial charge < -0.3 is 9.67 Å². The van der Waals surface area contributed by atoms with Crippen LogP contribution in [0, 0.1) is 0 Å². The van der Waals surface area contributed by atoms with Gasteiger partial charge in [-0.2, -0.15) is 0 Å². The van der Waals surface area contributed by atoms with Crippen molar-refractivity contribution in [2.75, 3.05) is 0 Å². The number of aryl methyl sites for hydroxylation is 1. The summed E-state index contributed by atoms with van der Waals surface area (Å²) in [7, 11) is 0. The van der Waals surface area contributed by atoms with E-state index < -0.39 is 5.97 Å². The maximum absolute atomic E-state index is 11.5. The second-order valence-corrected chi connectivity index (χ2v) is 4.81. The number of benzene rings is 1. The smallest absolute Gasteiger partial charge is 0.337 e. The van der Waals surface area contributed by atoms with Crippen LogP contribution in [0.5, 0.6) is 0 Å². The Morgan fingerprint density at radius 3 is 2.81 bits per heavy atom. The monoisotopic (exact) mass is 281 g/mol. The third kappa shape index (κ3) is 2.38. The molecule has 0 saturated carbocycles. The molecule has 3 rings (SSSR count). The molecule has 1 N–H and O–H groups in total. The van der Waals surface area contributed by atoms with Crippen LogP contribution in [0.25, 0.3) is 11.0 Å². The van der Waals surface area contributed by atoms with Crippen LogP contribution < -0.4 is 0 Å². The number of carboxylic acids is 1. The highest BCUT2D eigenvalue weighted by molar-refractivity contribution is 6.01. The normalized spacial score (nSPS) is 10.9. The Morgan fingerprint density at radius 2 is 2.14 bits per heavy atom. The number of fused-ring (bicyclic) bond motifs is 1. The molecule has 0 fully saturated rings. The molecule has 2 heterocycles. The predicted octanol–water partition coefficient (Wildman–Crippen LogP) is 2.74. The van der Waals surface area contributed by atoms with E-state index in [0.29, 0.717) is 12.1 Å². The van der Waals surface area contributed by atoms with Crippen molar-refractivity contribution in [3.63, 3.8) is 0 Å². The molecule has 1 aromatic carbocycles. The van der Waals surface area contributed by atoms with Crippen molar-refractivity contribution < 1.29 is 9.90 Å². The van der Waals surface area contributed by atoms with Gasteiger partial charge in [-0.25, -0.2) is 9.78 Å². The van der Waals surface area contributed by atoms with Gasteiger partial charge in [0, 0.05) is 18.8 Å². The van der Waals surface area contributed by atoms with Gasteiger partial charge in [0.25, 0.3) is 0 Å². The Hall–Kier alpha value is -2.69. The molecule has 0 radical (unpaired) electrons. The summed E-state index contributed by atoms with van der Waals surface area (Å²) in [4.78, 5) is 20.1. The van der Waals surface area contributed by atoms with E-state index in [1.165, 1.54) is 0 Å². The van der Waals surface area contributed by atoms with Gasteiger partial charge in [-0.05, 0) is 23.8 Å². The van der Waals surface area contributed by atoms with E-state index in [-0.39, 0.29) is 5.56 Å². The van der Waals surface area contributed by atoms with Crippen molar-refractivity contribution in [2.45, 2.75) is 19.9 Å². The second-order valence-electron chi connectivity index (χ2n) is 4.81. The lowest BCUT2D eigenvalue weighted by molar-refractivity contribution is 0.0698. The third-order valence-corrected chi connectivity index (χ3v) is 3.46. The fourth-order valence-electron chi connectivity index (χ4n) is 2.52. The molecule has 0 amide bonds. The number of rotatable bonds is 4. The number of carboxylic acid groups (broad SMARTS) is 1. The number of aromatic carboxylic acids is 1. The predicted molar refractivity (Wildman–Crippen MR) is 79.4 cm³/mol. The molecule has 0 spiro atoms. The van der Waals surface area contributed by atoms with Crippen molar-refractivity contribution in [3.05, 3.63) is 59.7 Å². The minimum atomic E-state index is -0.935. The average Bonchev–Trinajstić information content (AvgIpc) is 2.86. The topological polar surface area (TPSA) is 68.0 Å². The van der Waals surface area contributed by atoms with Crippen LogP contribution in [-0.2, 0) is 13.0 Å². The number of nitrogens with zero attached hydrogens (tertiary/aromatic N) is 3. The lowest BCUT2D eigenvalue weighted by atomic mass is 10.1. The lowest BCUT2D eigenvalue weighted by Gasteiger charge is -2.09. The minimum Gasteiger partial charge on any atom is -0.478 e. The summed E-state index contributed by atoms with van der Waals surface area (Å²) in [5.41, 5.74) is 2.69. The van der Waals surface area contributed by atoms with E-state index >= 15 is 0 Å². The summed E-state index contributed by atoms with van der Waals surface area (Å²) >= 11 is 0. The van der Waals surface area contributed by atoms with Crippen LogP contribution in [0.2, 0.25) is 0 Å². The summed E-state index contributed by atoms with van der Waals surface area (Å²) in [6, 6.07) is 9.04. The highest BCUT2D eigenvalue weighted by Gasteiger charge is 2.16. The first-order chi connectivity index (χ1) is 10.2. The summed E-state index contributed by atoms with van der Waals surface area (Å²) < 4.78 is 1.97. The molecule has 3 aromatic rings. The number of hydrogen-bond acceptors (Lipinski definition) is 3. The Kier molecular flexibility index (Phi) is 3.39. The summed E-state index contributed by atoms with van der Waals surface area (Å²) in [5.74, 6) is -0.0573. The number of carbonyl (C=O) groups is 1. The summed E-state index contributed by atoms with van der Waals surface area (Å²) in [6.45, 7) is 2.58. The van der Waals surface area contributed by atoms with E-state index in [2.05, 4.69) is 9.97 Å². The first-order valence-electron chi connectivity index (χ1n) is 6.81. The minimum absolute atomic E-state index is 0.281. The van der Waals surface area contributed by atoms with Crippen molar-refractivity contribution in [1.29, 1.82) is 0 Å². The van der Waals surface area contributed by atoms with Crippen LogP contribution in [0.3, 0.4) is 0 Å². The standard InChI is InChI=1S/C16H15N3O2/c1-2-14-18-13-7-3-6-12(16(20)21)15(13)19(14)10-11-5-4-8-17-9-11/h3-9H,2,10H2,1H3,(H,20,21). The Bertz CT molecular complexity index is 794. The van der Waals surface area contributed by atoms with Crippen LogP contribution in [0.1, 0.15) is 28.7 Å². The SMILES string of the molecule is CCc1nc2cccc(C(=O)O)c2n1Cc1cccnc1. The zero-order valence-electron chi connectivity index (χ0n) is 11.7. The largest absolute Gasteiger partial charge is 0.478 e. The molecule has 5 nitrogen and oxygen atoms in total. The van der Waals surface area contributed by atoms with Crippen LogP contribution in [0.15, 0.2) is 42.7 Å². The van der Waals surface area contributed by atoms with Crippen molar-refractivity contribution >= 4 is 17.0 Å². The fourth-order valence-corrected chi connectivity index (χ4v) is 2.52. The molecule has 106 valence electrons. The molecule has 0 bridgehead atoms. The molecule has 2 aromatic heterocycles. The van der Waals surface area contributed by atoms with Gasteiger partial charge in [-0.3, -0.25) is 4.98 Å². The lowest BCUT2D eigenvalue weighted by Crippen LogP contribution is -2.08. The number of pyridine rings is 1. The maximum atomic E-state index is 11.5. The summed E-state index contributed by atoms with van der Waals surface area (Å²) in [6.07, 6.45) is 4.25. The Balaban J connectivity index is 2.21. The third-order valence-electron chi connectivity index (χ3n) is 3.46. The van der Waals surface area contributed by atoms with Gasteiger partial charge in [-0.15, -0.1) is 0 Å². The zero-order valence-corrected chi connectivity index (χ0v) is 11.7. The Morgan fingerprint density at radius 1 is 1.29 bits per heavy atom. The molecular weight excluding hydrogens is 266 g/mol. The highest BCUT2D eigenvalue weighted by atomic mass is 16.4. The van der Waals surface area contributed by atoms with E-state index in [1.54, 1.807) is 24.5 Å². The van der Waals surface area contributed by atoms with Gasteiger partial charge in [0.1, 0.15) is 5.82 Å². The zero-order chi connectivity index (χ0) is 14.8. The molecule has 0 aliphatic carbocycles. The van der Waals surface area contributed by atoms with Gasteiger partial charge >= 0.3 is 5.97 Å². The first-order valence-corrected chi connectivity index (χ1v) is 6.81. The molecule has 0 unspecified atom stereocenters. The maximum Gasteiger partial charge on any atom is 0.337 e. The van der Waals surface area contributed by atoms with Gasteiger partial charge in [0.05, 0.1) is 23.1 Å². The van der Waals surface area contributed by atoms with E-state index in [1.807, 2.05) is 29.7 Å². The molecule has 5 heteroatoms. The number of hydrogen-bond donors (Lipinski definition) is 1. The molecule has 0 saturated heterocycles. The first kappa shape index (κ1) is 13.3. The van der Waals surface area contributed by atoms with Crippen LogP contribution in [-0.4, -0.2) is 25.6 Å². The number of para-hydroxylation sites is 1. The van der Waals surface area contributed by atoms with E-state index in [0.717, 1.165) is 23.3 Å². The number of aromatic nitrogens is 3. The van der Waals surface area contributed by atoms with E-state index in [9.17, 15) is 9.90 Å². The van der Waals surface area contributed by atoms with Gasteiger partial charge in [0.2, 0.25) is 0 Å². The van der Waals surface area contributed by atoms with Crippen molar-refractivity contribution in [1.82, 2.24) is 14.5 Å². The average molecular weight is 281 g/mol. The van der Waals surface area contributed by atoms with Crippen LogP contribution in [0.4, 0.5) is 0 Å². The van der Waals surface area contributed by atoms with Gasteiger partial charge in [0.15, 0.2) is 0 Å². The van der Waals surface area contributed by atoms with Crippen LogP contribution >= 0.6 is 0 Å². The molecule has 21 heavy (non-hydrogen) atoms. The second kappa shape index (κ2) is 5.36.